The molecule has 1 heterocycles. The van der Waals surface area contributed by atoms with E-state index in [0.717, 1.165) is 5.56 Å². The third-order valence-electron chi connectivity index (χ3n) is 2.36. The Bertz CT molecular complexity index is 599. The molecule has 18 heavy (non-hydrogen) atoms. The van der Waals surface area contributed by atoms with Crippen molar-refractivity contribution in [1.29, 1.82) is 0 Å². The summed E-state index contributed by atoms with van der Waals surface area (Å²) in [4.78, 5) is 15.9. The Balaban J connectivity index is 2.24. The van der Waals surface area contributed by atoms with Crippen LogP contribution in [0.2, 0.25) is 5.02 Å². The highest BCUT2D eigenvalue weighted by Crippen LogP contribution is 2.20. The molecule has 2 aromatic rings. The van der Waals surface area contributed by atoms with Crippen molar-refractivity contribution in [3.63, 3.8) is 0 Å². The first kappa shape index (κ1) is 12.4. The summed E-state index contributed by atoms with van der Waals surface area (Å²) in [5, 5.41) is 12.7. The van der Waals surface area contributed by atoms with Gasteiger partial charge in [-0.05, 0) is 31.2 Å². The van der Waals surface area contributed by atoms with E-state index in [2.05, 4.69) is 10.3 Å². The van der Waals surface area contributed by atoms with Crippen LogP contribution >= 0.6 is 11.6 Å². The van der Waals surface area contributed by atoms with Crippen LogP contribution < -0.4 is 5.32 Å². The van der Waals surface area contributed by atoms with E-state index in [1.165, 1.54) is 18.3 Å². The fraction of sp³-hybridized carbons (Fsp3) is 0.0769. The van der Waals surface area contributed by atoms with Crippen molar-refractivity contribution in [3.8, 4) is 5.75 Å². The van der Waals surface area contributed by atoms with Crippen molar-refractivity contribution in [2.45, 2.75) is 6.92 Å². The Labute approximate surface area is 109 Å². The summed E-state index contributed by atoms with van der Waals surface area (Å²) in [5.41, 5.74) is 1.09. The number of hydrogen-bond donors (Lipinski definition) is 2. The second kappa shape index (κ2) is 5.06. The molecule has 0 bridgehead atoms. The van der Waals surface area contributed by atoms with Crippen LogP contribution in [0.1, 0.15) is 15.9 Å². The molecule has 2 N–H and O–H groups in total. The largest absolute Gasteiger partial charge is 0.507 e. The van der Waals surface area contributed by atoms with E-state index in [1.54, 1.807) is 18.2 Å². The zero-order chi connectivity index (χ0) is 13.1. The lowest BCUT2D eigenvalue weighted by molar-refractivity contribution is 0.102. The lowest BCUT2D eigenvalue weighted by atomic mass is 10.1. The van der Waals surface area contributed by atoms with Gasteiger partial charge in [0.15, 0.2) is 0 Å². The van der Waals surface area contributed by atoms with Crippen LogP contribution in [0.5, 0.6) is 5.75 Å². The normalized spacial score (nSPS) is 10.1. The average molecular weight is 263 g/mol. The Morgan fingerprint density at radius 3 is 2.83 bits per heavy atom. The number of hydrogen-bond acceptors (Lipinski definition) is 3. The van der Waals surface area contributed by atoms with E-state index in [1.807, 2.05) is 6.92 Å². The van der Waals surface area contributed by atoms with Gasteiger partial charge in [0.1, 0.15) is 11.6 Å². The number of halogens is 1. The predicted octanol–water partition coefficient (Wildman–Crippen LogP) is 3.00. The molecule has 0 radical (unpaired) electrons. The number of anilines is 1. The fourth-order valence-corrected chi connectivity index (χ4v) is 1.65. The number of aromatic nitrogens is 1. The molecule has 0 aliphatic rings. The number of nitrogens with one attached hydrogen (secondary N) is 1. The summed E-state index contributed by atoms with van der Waals surface area (Å²) in [5.74, 6) is -0.153. The summed E-state index contributed by atoms with van der Waals surface area (Å²) in [7, 11) is 0. The molecule has 0 saturated carbocycles. The molecular weight excluding hydrogens is 252 g/mol. The zero-order valence-corrected chi connectivity index (χ0v) is 10.4. The van der Waals surface area contributed by atoms with Crippen LogP contribution in [0.4, 0.5) is 5.82 Å². The van der Waals surface area contributed by atoms with Gasteiger partial charge >= 0.3 is 0 Å². The number of phenolic OH excluding ortho intramolecular Hbond substituents is 1. The smallest absolute Gasteiger partial charge is 0.260 e. The molecule has 1 aromatic heterocycles. The molecule has 0 unspecified atom stereocenters. The molecule has 1 aromatic carbocycles. The molecule has 92 valence electrons. The number of aromatic hydroxyl groups is 1. The molecule has 0 spiro atoms. The minimum Gasteiger partial charge on any atom is -0.507 e. The van der Waals surface area contributed by atoms with Gasteiger partial charge in [-0.25, -0.2) is 4.98 Å². The van der Waals surface area contributed by atoms with E-state index >= 15 is 0 Å². The SMILES string of the molecule is Cc1ccc(O)c(C(=O)Nc2cc(Cl)ccn2)c1. The van der Waals surface area contributed by atoms with E-state index in [4.69, 9.17) is 11.6 Å². The van der Waals surface area contributed by atoms with Crippen LogP contribution in [0, 0.1) is 6.92 Å². The third-order valence-corrected chi connectivity index (χ3v) is 2.60. The van der Waals surface area contributed by atoms with Crippen molar-refractivity contribution in [1.82, 2.24) is 4.98 Å². The minimum absolute atomic E-state index is 0.0693. The van der Waals surface area contributed by atoms with Crippen molar-refractivity contribution in [3.05, 3.63) is 52.7 Å². The first-order valence-electron chi connectivity index (χ1n) is 5.29. The van der Waals surface area contributed by atoms with Gasteiger partial charge in [-0.3, -0.25) is 4.79 Å². The van der Waals surface area contributed by atoms with E-state index in [-0.39, 0.29) is 11.3 Å². The van der Waals surface area contributed by atoms with Crippen molar-refractivity contribution < 1.29 is 9.90 Å². The lowest BCUT2D eigenvalue weighted by Crippen LogP contribution is -2.13. The maximum absolute atomic E-state index is 11.9. The Morgan fingerprint density at radius 1 is 1.33 bits per heavy atom. The van der Waals surface area contributed by atoms with Gasteiger partial charge in [-0.2, -0.15) is 0 Å². The molecule has 1 amide bonds. The van der Waals surface area contributed by atoms with E-state index in [9.17, 15) is 9.90 Å². The summed E-state index contributed by atoms with van der Waals surface area (Å²) >= 11 is 5.79. The number of amides is 1. The van der Waals surface area contributed by atoms with Crippen LogP contribution in [0.25, 0.3) is 0 Å². The summed E-state index contributed by atoms with van der Waals surface area (Å²) < 4.78 is 0. The number of aryl methyl sites for hydroxylation is 1. The first-order valence-corrected chi connectivity index (χ1v) is 5.66. The number of pyridine rings is 1. The van der Waals surface area contributed by atoms with Crippen molar-refractivity contribution >= 4 is 23.3 Å². The molecule has 2 rings (SSSR count). The Hall–Kier alpha value is -2.07. The quantitative estimate of drug-likeness (QED) is 0.875. The lowest BCUT2D eigenvalue weighted by Gasteiger charge is -2.07. The number of nitrogens with zero attached hydrogens (tertiary/aromatic N) is 1. The second-order valence-electron chi connectivity index (χ2n) is 3.83. The molecule has 0 aliphatic carbocycles. The van der Waals surface area contributed by atoms with Gasteiger partial charge in [-0.1, -0.05) is 23.2 Å². The number of phenols is 1. The Kier molecular flexibility index (Phi) is 3.48. The van der Waals surface area contributed by atoms with Gasteiger partial charge in [0, 0.05) is 11.2 Å². The van der Waals surface area contributed by atoms with Crippen LogP contribution in [-0.4, -0.2) is 16.0 Å². The van der Waals surface area contributed by atoms with Gasteiger partial charge in [-0.15, -0.1) is 0 Å². The van der Waals surface area contributed by atoms with E-state index in [0.29, 0.717) is 10.8 Å². The maximum Gasteiger partial charge on any atom is 0.260 e. The highest BCUT2D eigenvalue weighted by atomic mass is 35.5. The number of benzene rings is 1. The van der Waals surface area contributed by atoms with Gasteiger partial charge in [0.05, 0.1) is 5.56 Å². The molecule has 0 atom stereocenters. The summed E-state index contributed by atoms with van der Waals surface area (Å²) in [6.45, 7) is 1.84. The topological polar surface area (TPSA) is 62.2 Å². The van der Waals surface area contributed by atoms with Crippen molar-refractivity contribution in [2.75, 3.05) is 5.32 Å². The molecule has 0 saturated heterocycles. The van der Waals surface area contributed by atoms with Crippen LogP contribution in [0.3, 0.4) is 0 Å². The summed E-state index contributed by atoms with van der Waals surface area (Å²) in [6.07, 6.45) is 1.49. The first-order chi connectivity index (χ1) is 8.56. The average Bonchev–Trinajstić information content (AvgIpc) is 2.32. The second-order valence-corrected chi connectivity index (χ2v) is 4.27. The predicted molar refractivity (Wildman–Crippen MR) is 70.0 cm³/mol. The van der Waals surface area contributed by atoms with Crippen molar-refractivity contribution in [2.24, 2.45) is 0 Å². The van der Waals surface area contributed by atoms with E-state index < -0.39 is 5.91 Å². The highest BCUT2D eigenvalue weighted by Gasteiger charge is 2.12. The number of rotatable bonds is 2. The van der Waals surface area contributed by atoms with Gasteiger partial charge in [0.2, 0.25) is 0 Å². The fourth-order valence-electron chi connectivity index (χ4n) is 1.49. The molecular formula is C13H11ClN2O2. The highest BCUT2D eigenvalue weighted by molar-refractivity contribution is 6.30. The van der Waals surface area contributed by atoms with Crippen LogP contribution in [-0.2, 0) is 0 Å². The Morgan fingerprint density at radius 2 is 2.11 bits per heavy atom. The number of carbonyl (C=O) groups is 1. The third kappa shape index (κ3) is 2.78. The molecule has 5 heteroatoms. The number of carbonyl (C=O) groups excluding carboxylic acids is 1. The minimum atomic E-state index is -0.425. The molecule has 4 nitrogen and oxygen atoms in total. The molecule has 0 fully saturated rings. The summed E-state index contributed by atoms with van der Waals surface area (Å²) in [6, 6.07) is 7.96. The monoisotopic (exact) mass is 262 g/mol. The molecule has 0 aliphatic heterocycles. The standard InChI is InChI=1S/C13H11ClN2O2/c1-8-2-3-11(17)10(6-8)13(18)16-12-7-9(14)4-5-15-12/h2-7,17H,1H3,(H,15,16,18). The van der Waals surface area contributed by atoms with Gasteiger partial charge < -0.3 is 10.4 Å². The van der Waals surface area contributed by atoms with Gasteiger partial charge in [0.25, 0.3) is 5.91 Å². The maximum atomic E-state index is 11.9. The van der Waals surface area contributed by atoms with Crippen LogP contribution in [0.15, 0.2) is 36.5 Å². The zero-order valence-electron chi connectivity index (χ0n) is 9.64.